The number of rotatable bonds is 13. The maximum atomic E-state index is 13.4. The summed E-state index contributed by atoms with van der Waals surface area (Å²) in [5.74, 6) is -1.24. The van der Waals surface area contributed by atoms with E-state index in [-0.39, 0.29) is 37.1 Å². The van der Waals surface area contributed by atoms with Crippen molar-refractivity contribution in [2.45, 2.75) is 49.2 Å². The van der Waals surface area contributed by atoms with Gasteiger partial charge in [0.1, 0.15) is 12.4 Å². The van der Waals surface area contributed by atoms with Gasteiger partial charge in [0.2, 0.25) is 7.37 Å². The van der Waals surface area contributed by atoms with Crippen molar-refractivity contribution in [2.75, 3.05) is 6.26 Å². The van der Waals surface area contributed by atoms with Crippen molar-refractivity contribution in [3.05, 3.63) is 102 Å². The third kappa shape index (κ3) is 9.70. The third-order valence-corrected chi connectivity index (χ3v) is 9.03. The Morgan fingerprint density at radius 2 is 1.42 bits per heavy atom. The maximum absolute atomic E-state index is 13.4. The number of hydrogen-bond donors (Lipinski definition) is 3. The number of sulfone groups is 1. The lowest BCUT2D eigenvalue weighted by molar-refractivity contribution is -0.112. The third-order valence-electron chi connectivity index (χ3n) is 5.72. The van der Waals surface area contributed by atoms with E-state index in [1.165, 1.54) is 24.3 Å². The molecule has 0 spiro atoms. The zero-order valence-electron chi connectivity index (χ0n) is 21.0. The zero-order chi connectivity index (χ0) is 27.6. The van der Waals surface area contributed by atoms with Gasteiger partial charge in [0.05, 0.1) is 17.7 Å². The molecular formula is C27H32NO8PS. The second-order valence-corrected chi connectivity index (χ2v) is 13.3. The van der Waals surface area contributed by atoms with Crippen molar-refractivity contribution < 1.29 is 37.3 Å². The van der Waals surface area contributed by atoms with Gasteiger partial charge in [0, 0.05) is 12.7 Å². The van der Waals surface area contributed by atoms with Crippen LogP contribution in [0.4, 0.5) is 4.79 Å². The van der Waals surface area contributed by atoms with Crippen molar-refractivity contribution >= 4 is 23.3 Å². The molecule has 0 heterocycles. The molecule has 0 aromatic heterocycles. The SMILES string of the molecule is CS(=O)(=O)c1ccc(CP(=O)(O)C(CCC(O)OCc2ccccc2)NC(=O)OCc2ccccc2)cc1. The largest absolute Gasteiger partial charge is 0.445 e. The predicted octanol–water partition coefficient (Wildman–Crippen LogP) is 4.43. The van der Waals surface area contributed by atoms with Gasteiger partial charge in [-0.3, -0.25) is 4.57 Å². The number of alkyl carbamates (subject to hydrolysis) is 1. The molecule has 9 nitrogen and oxygen atoms in total. The quantitative estimate of drug-likeness (QED) is 0.206. The van der Waals surface area contributed by atoms with Gasteiger partial charge in [-0.05, 0) is 35.2 Å². The van der Waals surface area contributed by atoms with Crippen molar-refractivity contribution in [2.24, 2.45) is 0 Å². The molecule has 3 N–H and O–H groups in total. The van der Waals surface area contributed by atoms with E-state index in [1.54, 1.807) is 24.3 Å². The summed E-state index contributed by atoms with van der Waals surface area (Å²) in [4.78, 5) is 23.6. The van der Waals surface area contributed by atoms with E-state index < -0.39 is 35.4 Å². The number of benzene rings is 3. The summed E-state index contributed by atoms with van der Waals surface area (Å²) >= 11 is 0. The molecule has 11 heteroatoms. The lowest BCUT2D eigenvalue weighted by Crippen LogP contribution is -2.36. The van der Waals surface area contributed by atoms with Gasteiger partial charge < -0.3 is 24.8 Å². The van der Waals surface area contributed by atoms with Crippen molar-refractivity contribution in [3.63, 3.8) is 0 Å². The molecule has 0 saturated carbocycles. The highest BCUT2D eigenvalue weighted by molar-refractivity contribution is 7.90. The van der Waals surface area contributed by atoms with E-state index >= 15 is 0 Å². The van der Waals surface area contributed by atoms with Gasteiger partial charge in [-0.1, -0.05) is 72.8 Å². The average Bonchev–Trinajstić information content (AvgIpc) is 2.89. The molecule has 3 atom stereocenters. The first-order valence-corrected chi connectivity index (χ1v) is 15.7. The Hall–Kier alpha value is -3.01. The Kier molecular flexibility index (Phi) is 10.6. The normalized spacial score (nSPS) is 14.7. The Balaban J connectivity index is 1.66. The minimum Gasteiger partial charge on any atom is -0.445 e. The molecule has 0 aliphatic carbocycles. The van der Waals surface area contributed by atoms with Gasteiger partial charge in [0.25, 0.3) is 0 Å². The highest BCUT2D eigenvalue weighted by atomic mass is 32.2. The molecule has 3 unspecified atom stereocenters. The number of aliphatic hydroxyl groups is 1. The van der Waals surface area contributed by atoms with E-state index in [9.17, 15) is 27.8 Å². The molecule has 0 radical (unpaired) electrons. The molecule has 0 bridgehead atoms. The van der Waals surface area contributed by atoms with E-state index in [1.807, 2.05) is 36.4 Å². The van der Waals surface area contributed by atoms with Crippen molar-refractivity contribution in [3.8, 4) is 0 Å². The summed E-state index contributed by atoms with van der Waals surface area (Å²) in [6.45, 7) is 0.133. The molecule has 204 valence electrons. The van der Waals surface area contributed by atoms with Crippen LogP contribution in [-0.4, -0.2) is 42.8 Å². The fourth-order valence-electron chi connectivity index (χ4n) is 3.64. The first-order chi connectivity index (χ1) is 18.0. The average molecular weight is 562 g/mol. The number of carbonyl (C=O) groups excluding carboxylic acids is 1. The summed E-state index contributed by atoms with van der Waals surface area (Å²) in [6, 6.07) is 23.9. The van der Waals surface area contributed by atoms with Crippen LogP contribution in [0.15, 0.2) is 89.8 Å². The molecule has 0 aliphatic heterocycles. The Labute approximate surface area is 222 Å². The van der Waals surface area contributed by atoms with Gasteiger partial charge in [-0.25, -0.2) is 13.2 Å². The molecule has 3 rings (SSSR count). The van der Waals surface area contributed by atoms with Crippen LogP contribution in [0, 0.1) is 0 Å². The minimum absolute atomic E-state index is 0.0198. The lowest BCUT2D eigenvalue weighted by atomic mass is 10.2. The first-order valence-electron chi connectivity index (χ1n) is 11.9. The van der Waals surface area contributed by atoms with Crippen LogP contribution in [-0.2, 0) is 43.3 Å². The second kappa shape index (κ2) is 13.7. The fourth-order valence-corrected chi connectivity index (χ4v) is 6.08. The topological polar surface area (TPSA) is 139 Å². The molecule has 1 amide bonds. The molecule has 0 saturated heterocycles. The molecule has 0 fully saturated rings. The summed E-state index contributed by atoms with van der Waals surface area (Å²) in [6.07, 6.45) is -1.43. The molecular weight excluding hydrogens is 529 g/mol. The summed E-state index contributed by atoms with van der Waals surface area (Å²) in [5.41, 5.74) is 2.03. The van der Waals surface area contributed by atoms with E-state index in [4.69, 9.17) is 9.47 Å². The van der Waals surface area contributed by atoms with Crippen LogP contribution >= 0.6 is 7.37 Å². The smallest absolute Gasteiger partial charge is 0.408 e. The standard InChI is InChI=1S/C27H32NO8PS/c1-38(33,34)24-14-12-23(13-15-24)20-37(31,32)25(28-27(30)36-19-22-10-6-3-7-11-22)16-17-26(29)35-18-21-8-4-2-5-9-21/h2-15,25-26,29H,16-20H2,1H3,(H,28,30)(H,31,32). The number of ether oxygens (including phenoxy) is 2. The molecule has 0 aliphatic rings. The van der Waals surface area contributed by atoms with Crippen LogP contribution in [0.25, 0.3) is 0 Å². The van der Waals surface area contributed by atoms with E-state index in [0.29, 0.717) is 5.56 Å². The van der Waals surface area contributed by atoms with Crippen LogP contribution in [0.1, 0.15) is 29.5 Å². The maximum Gasteiger partial charge on any atom is 0.408 e. The first kappa shape index (κ1) is 29.5. The highest BCUT2D eigenvalue weighted by Gasteiger charge is 2.33. The van der Waals surface area contributed by atoms with Gasteiger partial charge >= 0.3 is 6.09 Å². The highest BCUT2D eigenvalue weighted by Crippen LogP contribution is 2.50. The van der Waals surface area contributed by atoms with Crippen molar-refractivity contribution in [1.29, 1.82) is 0 Å². The number of aliphatic hydroxyl groups excluding tert-OH is 1. The van der Waals surface area contributed by atoms with Crippen LogP contribution in [0.5, 0.6) is 0 Å². The molecule has 3 aromatic rings. The van der Waals surface area contributed by atoms with Crippen LogP contribution < -0.4 is 5.32 Å². The summed E-state index contributed by atoms with van der Waals surface area (Å²) in [5, 5.41) is 12.8. The lowest BCUT2D eigenvalue weighted by Gasteiger charge is -2.25. The second-order valence-electron chi connectivity index (χ2n) is 8.88. The summed E-state index contributed by atoms with van der Waals surface area (Å²) in [7, 11) is -7.51. The Morgan fingerprint density at radius 1 is 0.868 bits per heavy atom. The molecule has 3 aromatic carbocycles. The van der Waals surface area contributed by atoms with Gasteiger partial charge in [-0.15, -0.1) is 0 Å². The number of carbonyl (C=O) groups is 1. The number of hydrogen-bond acceptors (Lipinski definition) is 7. The minimum atomic E-state index is -4.09. The summed E-state index contributed by atoms with van der Waals surface area (Å²) < 4.78 is 47.5. The molecule has 38 heavy (non-hydrogen) atoms. The van der Waals surface area contributed by atoms with Crippen LogP contribution in [0.2, 0.25) is 0 Å². The van der Waals surface area contributed by atoms with Gasteiger partial charge in [0.15, 0.2) is 16.1 Å². The van der Waals surface area contributed by atoms with Crippen LogP contribution in [0.3, 0.4) is 0 Å². The van der Waals surface area contributed by atoms with E-state index in [2.05, 4.69) is 5.32 Å². The zero-order valence-corrected chi connectivity index (χ0v) is 22.7. The fraction of sp³-hybridized carbons (Fsp3) is 0.296. The van der Waals surface area contributed by atoms with E-state index in [0.717, 1.165) is 17.4 Å². The van der Waals surface area contributed by atoms with Crippen molar-refractivity contribution in [1.82, 2.24) is 5.32 Å². The predicted molar refractivity (Wildman–Crippen MR) is 143 cm³/mol. The Morgan fingerprint density at radius 3 is 1.97 bits per heavy atom. The number of amides is 1. The monoisotopic (exact) mass is 561 g/mol. The number of nitrogens with one attached hydrogen (secondary N) is 1. The Bertz CT molecular complexity index is 1320. The van der Waals surface area contributed by atoms with Gasteiger partial charge in [-0.2, -0.15) is 0 Å².